The highest BCUT2D eigenvalue weighted by atomic mass is 16.6. The fraction of sp³-hybridized carbons (Fsp3) is 0.100. The first-order chi connectivity index (χ1) is 7.24. The Labute approximate surface area is 85.5 Å². The molecule has 0 aliphatic rings. The van der Waals surface area contributed by atoms with Crippen LogP contribution in [0, 0.1) is 10.1 Å². The lowest BCUT2D eigenvalue weighted by molar-refractivity contribution is -0.383. The Kier molecular flexibility index (Phi) is 2.21. The summed E-state index contributed by atoms with van der Waals surface area (Å²) in [7, 11) is 1.49. The average Bonchev–Trinajstić information content (AvgIpc) is 2.27. The lowest BCUT2D eigenvalue weighted by Gasteiger charge is -2.03. The molecule has 1 heterocycles. The first-order valence-electron chi connectivity index (χ1n) is 4.30. The van der Waals surface area contributed by atoms with Gasteiger partial charge in [0.25, 0.3) is 5.69 Å². The zero-order valence-corrected chi connectivity index (χ0v) is 8.01. The number of aromatic nitrogens is 1. The van der Waals surface area contributed by atoms with Crippen LogP contribution in [0.4, 0.5) is 5.69 Å². The summed E-state index contributed by atoms with van der Waals surface area (Å²) < 4.78 is 5.03. The van der Waals surface area contributed by atoms with E-state index in [2.05, 4.69) is 4.98 Å². The summed E-state index contributed by atoms with van der Waals surface area (Å²) in [5.74, 6) is 0.399. The van der Waals surface area contributed by atoms with Crippen molar-refractivity contribution in [3.63, 3.8) is 0 Å². The molecule has 1 aromatic carbocycles. The van der Waals surface area contributed by atoms with Gasteiger partial charge in [0, 0.05) is 12.3 Å². The van der Waals surface area contributed by atoms with Crippen LogP contribution in [-0.4, -0.2) is 17.0 Å². The molecule has 0 aliphatic heterocycles. The Morgan fingerprint density at radius 2 is 2.13 bits per heavy atom. The normalized spacial score (nSPS) is 10.2. The highest BCUT2D eigenvalue weighted by Crippen LogP contribution is 2.29. The number of nitro groups is 1. The molecule has 0 amide bonds. The molecule has 0 radical (unpaired) electrons. The SMILES string of the molecule is COc1nccc2c([N+](=O)[O-])cccc12. The fourth-order valence-electron chi connectivity index (χ4n) is 1.49. The van der Waals surface area contributed by atoms with Crippen molar-refractivity contribution in [2.75, 3.05) is 7.11 Å². The minimum absolute atomic E-state index is 0.0631. The Morgan fingerprint density at radius 3 is 2.80 bits per heavy atom. The summed E-state index contributed by atoms with van der Waals surface area (Å²) in [6.07, 6.45) is 1.49. The highest BCUT2D eigenvalue weighted by molar-refractivity contribution is 5.93. The molecule has 0 saturated heterocycles. The van der Waals surface area contributed by atoms with E-state index in [4.69, 9.17) is 4.74 Å². The van der Waals surface area contributed by atoms with Gasteiger partial charge in [-0.3, -0.25) is 10.1 Å². The van der Waals surface area contributed by atoms with Crippen molar-refractivity contribution < 1.29 is 9.66 Å². The maximum Gasteiger partial charge on any atom is 0.277 e. The Balaban J connectivity index is 2.82. The van der Waals surface area contributed by atoms with Gasteiger partial charge in [-0.25, -0.2) is 4.98 Å². The lowest BCUT2D eigenvalue weighted by atomic mass is 10.1. The Morgan fingerprint density at radius 1 is 1.33 bits per heavy atom. The van der Waals surface area contributed by atoms with Crippen LogP contribution in [0.2, 0.25) is 0 Å². The van der Waals surface area contributed by atoms with Crippen LogP contribution >= 0.6 is 0 Å². The largest absolute Gasteiger partial charge is 0.481 e. The molecule has 0 aliphatic carbocycles. The maximum absolute atomic E-state index is 10.8. The number of rotatable bonds is 2. The van der Waals surface area contributed by atoms with Gasteiger partial charge in [0.15, 0.2) is 0 Å². The number of non-ortho nitro benzene ring substituents is 1. The Hall–Kier alpha value is -2.17. The van der Waals surface area contributed by atoms with Crippen LogP contribution in [0.5, 0.6) is 5.88 Å². The van der Waals surface area contributed by atoms with Gasteiger partial charge in [0.05, 0.1) is 22.8 Å². The van der Waals surface area contributed by atoms with E-state index in [1.807, 2.05) is 0 Å². The first kappa shape index (κ1) is 9.39. The second-order valence-corrected chi connectivity index (χ2v) is 2.95. The van der Waals surface area contributed by atoms with E-state index < -0.39 is 4.92 Å². The molecule has 0 atom stereocenters. The number of methoxy groups -OCH3 is 1. The molecule has 0 fully saturated rings. The number of nitrogens with zero attached hydrogens (tertiary/aromatic N) is 2. The number of nitro benzene ring substituents is 1. The van der Waals surface area contributed by atoms with Gasteiger partial charge < -0.3 is 4.74 Å². The second-order valence-electron chi connectivity index (χ2n) is 2.95. The van der Waals surface area contributed by atoms with Gasteiger partial charge >= 0.3 is 0 Å². The van der Waals surface area contributed by atoms with E-state index in [1.165, 1.54) is 19.4 Å². The molecule has 5 nitrogen and oxygen atoms in total. The molecule has 15 heavy (non-hydrogen) atoms. The van der Waals surface area contributed by atoms with E-state index in [0.717, 1.165) is 0 Å². The fourth-order valence-corrected chi connectivity index (χ4v) is 1.49. The van der Waals surface area contributed by atoms with Crippen molar-refractivity contribution in [3.8, 4) is 5.88 Å². The highest BCUT2D eigenvalue weighted by Gasteiger charge is 2.13. The van der Waals surface area contributed by atoms with Crippen molar-refractivity contribution in [3.05, 3.63) is 40.6 Å². The van der Waals surface area contributed by atoms with Crippen LogP contribution in [0.1, 0.15) is 0 Å². The third kappa shape index (κ3) is 1.48. The summed E-state index contributed by atoms with van der Waals surface area (Å²) in [5, 5.41) is 11.9. The average molecular weight is 204 g/mol. The topological polar surface area (TPSA) is 65.3 Å². The van der Waals surface area contributed by atoms with E-state index in [-0.39, 0.29) is 5.69 Å². The maximum atomic E-state index is 10.8. The van der Waals surface area contributed by atoms with Crippen molar-refractivity contribution in [2.24, 2.45) is 0 Å². The third-order valence-corrected chi connectivity index (χ3v) is 2.14. The predicted octanol–water partition coefficient (Wildman–Crippen LogP) is 2.15. The van der Waals surface area contributed by atoms with Crippen LogP contribution < -0.4 is 4.74 Å². The Bertz CT molecular complexity index is 525. The monoisotopic (exact) mass is 204 g/mol. The lowest BCUT2D eigenvalue weighted by Crippen LogP contribution is -1.92. The van der Waals surface area contributed by atoms with Gasteiger partial charge in [-0.05, 0) is 12.1 Å². The van der Waals surface area contributed by atoms with Gasteiger partial charge in [-0.15, -0.1) is 0 Å². The number of pyridine rings is 1. The van der Waals surface area contributed by atoms with Crippen molar-refractivity contribution in [1.82, 2.24) is 4.98 Å². The van der Waals surface area contributed by atoms with Crippen LogP contribution in [-0.2, 0) is 0 Å². The molecule has 1 aromatic heterocycles. The molecule has 5 heteroatoms. The number of hydrogen-bond donors (Lipinski definition) is 0. The number of hydrogen-bond acceptors (Lipinski definition) is 4. The first-order valence-corrected chi connectivity index (χ1v) is 4.30. The summed E-state index contributed by atoms with van der Waals surface area (Å²) >= 11 is 0. The number of benzene rings is 1. The molecule has 0 bridgehead atoms. The molecule has 0 N–H and O–H groups in total. The van der Waals surface area contributed by atoms with Gasteiger partial charge in [0.1, 0.15) is 0 Å². The number of fused-ring (bicyclic) bond motifs is 1. The molecular weight excluding hydrogens is 196 g/mol. The smallest absolute Gasteiger partial charge is 0.277 e. The van der Waals surface area contributed by atoms with Crippen molar-refractivity contribution >= 4 is 16.5 Å². The summed E-state index contributed by atoms with van der Waals surface area (Å²) in [6.45, 7) is 0. The van der Waals surface area contributed by atoms with E-state index in [1.54, 1.807) is 18.2 Å². The van der Waals surface area contributed by atoms with Gasteiger partial charge in [0.2, 0.25) is 5.88 Å². The summed E-state index contributed by atoms with van der Waals surface area (Å²) in [4.78, 5) is 14.3. The van der Waals surface area contributed by atoms with E-state index in [9.17, 15) is 10.1 Å². The molecule has 0 saturated carbocycles. The summed E-state index contributed by atoms with van der Waals surface area (Å²) in [5.41, 5.74) is 0.0631. The van der Waals surface area contributed by atoms with E-state index in [0.29, 0.717) is 16.7 Å². The number of ether oxygens (including phenoxy) is 1. The second kappa shape index (κ2) is 3.53. The van der Waals surface area contributed by atoms with E-state index >= 15 is 0 Å². The molecule has 0 unspecified atom stereocenters. The zero-order chi connectivity index (χ0) is 10.8. The van der Waals surface area contributed by atoms with Gasteiger partial charge in [-0.2, -0.15) is 0 Å². The third-order valence-electron chi connectivity index (χ3n) is 2.14. The summed E-state index contributed by atoms with van der Waals surface area (Å²) in [6, 6.07) is 6.43. The molecule has 0 spiro atoms. The molecule has 2 rings (SSSR count). The predicted molar refractivity (Wildman–Crippen MR) is 54.9 cm³/mol. The van der Waals surface area contributed by atoms with Crippen molar-refractivity contribution in [1.29, 1.82) is 0 Å². The van der Waals surface area contributed by atoms with Gasteiger partial charge in [-0.1, -0.05) is 6.07 Å². The molecule has 2 aromatic rings. The van der Waals surface area contributed by atoms with Crippen LogP contribution in [0.3, 0.4) is 0 Å². The minimum atomic E-state index is -0.415. The standard InChI is InChI=1S/C10H8N2O3/c1-15-10-8-3-2-4-9(12(13)14)7(8)5-6-11-10/h2-6H,1H3. The van der Waals surface area contributed by atoms with Crippen LogP contribution in [0.15, 0.2) is 30.5 Å². The minimum Gasteiger partial charge on any atom is -0.481 e. The quantitative estimate of drug-likeness (QED) is 0.555. The van der Waals surface area contributed by atoms with Crippen LogP contribution in [0.25, 0.3) is 10.8 Å². The molecular formula is C10H8N2O3. The zero-order valence-electron chi connectivity index (χ0n) is 8.01. The molecule has 76 valence electrons. The van der Waals surface area contributed by atoms with Crippen molar-refractivity contribution in [2.45, 2.75) is 0 Å².